The molecule has 1 unspecified atom stereocenters. The number of hydrogen-bond donors (Lipinski definition) is 2. The molecule has 1 atom stereocenters. The predicted octanol–water partition coefficient (Wildman–Crippen LogP) is 3.00. The van der Waals surface area contributed by atoms with E-state index in [4.69, 9.17) is 0 Å². The summed E-state index contributed by atoms with van der Waals surface area (Å²) >= 11 is 0. The molecule has 1 fully saturated rings. The van der Waals surface area contributed by atoms with Crippen LogP contribution < -0.4 is 14.9 Å². The first-order valence-corrected chi connectivity index (χ1v) is 11.1. The number of nitrogens with zero attached hydrogens (tertiary/aromatic N) is 2. The molecule has 8 heteroatoms. The number of likely N-dealkylation sites (tertiary alicyclic amines) is 1. The summed E-state index contributed by atoms with van der Waals surface area (Å²) in [5.41, 5.74) is 2.60. The van der Waals surface area contributed by atoms with Crippen LogP contribution in [0.5, 0.6) is 0 Å². The fraction of sp³-hybridized carbons (Fsp3) is 0.350. The van der Waals surface area contributed by atoms with Crippen molar-refractivity contribution in [2.75, 3.05) is 36.6 Å². The highest BCUT2D eigenvalue weighted by Gasteiger charge is 2.26. The molecule has 0 saturated carbocycles. The van der Waals surface area contributed by atoms with Crippen molar-refractivity contribution in [1.29, 1.82) is 0 Å². The zero-order chi connectivity index (χ0) is 20.1. The number of carbonyl (C=O) groups is 1. The Bertz CT molecular complexity index is 918. The molecule has 2 amide bonds. The summed E-state index contributed by atoms with van der Waals surface area (Å²) in [4.78, 5) is 16.5. The third-order valence-corrected chi connectivity index (χ3v) is 5.50. The number of rotatable bonds is 5. The minimum atomic E-state index is -3.30. The lowest BCUT2D eigenvalue weighted by Gasteiger charge is -2.33. The molecule has 28 heavy (non-hydrogen) atoms. The molecular formula is C20H26N4O3S. The Kier molecular flexibility index (Phi) is 6.21. The summed E-state index contributed by atoms with van der Waals surface area (Å²) in [5, 5.41) is 2.98. The number of nitrogens with one attached hydrogen (secondary N) is 2. The third kappa shape index (κ3) is 5.24. The van der Waals surface area contributed by atoms with Crippen LogP contribution in [-0.4, -0.2) is 51.8 Å². The molecule has 0 radical (unpaired) electrons. The normalized spacial score (nSPS) is 17.2. The largest absolute Gasteiger partial charge is 0.343 e. The van der Waals surface area contributed by atoms with E-state index >= 15 is 0 Å². The SMILES string of the molecule is CN(c1ccccc1)c1ccccc1NC(=O)N1CCCC(NS(C)(=O)=O)C1. The van der Waals surface area contributed by atoms with Crippen molar-refractivity contribution in [2.45, 2.75) is 18.9 Å². The van der Waals surface area contributed by atoms with Gasteiger partial charge in [-0.15, -0.1) is 0 Å². The van der Waals surface area contributed by atoms with Crippen LogP contribution in [-0.2, 0) is 10.0 Å². The van der Waals surface area contributed by atoms with Gasteiger partial charge in [-0.2, -0.15) is 0 Å². The summed E-state index contributed by atoms with van der Waals surface area (Å²) in [7, 11) is -1.34. The van der Waals surface area contributed by atoms with Crippen LogP contribution in [0.3, 0.4) is 0 Å². The average Bonchev–Trinajstić information content (AvgIpc) is 2.67. The fourth-order valence-corrected chi connectivity index (χ4v) is 4.22. The molecule has 3 rings (SSSR count). The van der Waals surface area contributed by atoms with E-state index in [1.807, 2.05) is 66.5 Å². The Morgan fingerprint density at radius 3 is 2.50 bits per heavy atom. The van der Waals surface area contributed by atoms with Crippen LogP contribution >= 0.6 is 0 Å². The Morgan fingerprint density at radius 2 is 1.79 bits per heavy atom. The van der Waals surface area contributed by atoms with E-state index in [1.54, 1.807) is 4.90 Å². The molecule has 2 aromatic carbocycles. The first-order chi connectivity index (χ1) is 13.3. The number of carbonyl (C=O) groups excluding carboxylic acids is 1. The number of para-hydroxylation sites is 3. The van der Waals surface area contributed by atoms with Gasteiger partial charge in [-0.3, -0.25) is 0 Å². The van der Waals surface area contributed by atoms with Gasteiger partial charge in [0.15, 0.2) is 0 Å². The van der Waals surface area contributed by atoms with Crippen LogP contribution in [0.1, 0.15) is 12.8 Å². The molecule has 7 nitrogen and oxygen atoms in total. The number of piperidine rings is 1. The van der Waals surface area contributed by atoms with Crippen molar-refractivity contribution in [3.05, 3.63) is 54.6 Å². The van der Waals surface area contributed by atoms with Crippen molar-refractivity contribution in [2.24, 2.45) is 0 Å². The summed E-state index contributed by atoms with van der Waals surface area (Å²) in [6, 6.07) is 17.0. The monoisotopic (exact) mass is 402 g/mol. The van der Waals surface area contributed by atoms with Gasteiger partial charge in [-0.1, -0.05) is 30.3 Å². The van der Waals surface area contributed by atoms with E-state index in [0.29, 0.717) is 18.8 Å². The van der Waals surface area contributed by atoms with Gasteiger partial charge in [0.25, 0.3) is 0 Å². The minimum absolute atomic E-state index is 0.228. The van der Waals surface area contributed by atoms with Gasteiger partial charge in [-0.25, -0.2) is 17.9 Å². The van der Waals surface area contributed by atoms with Crippen LogP contribution in [0, 0.1) is 0 Å². The first-order valence-electron chi connectivity index (χ1n) is 9.24. The lowest BCUT2D eigenvalue weighted by Crippen LogP contribution is -2.50. The maximum Gasteiger partial charge on any atom is 0.321 e. The van der Waals surface area contributed by atoms with Crippen molar-refractivity contribution in [1.82, 2.24) is 9.62 Å². The Balaban J connectivity index is 1.72. The van der Waals surface area contributed by atoms with Crippen molar-refractivity contribution < 1.29 is 13.2 Å². The smallest absolute Gasteiger partial charge is 0.321 e. The Labute approximate surface area is 166 Å². The highest BCUT2D eigenvalue weighted by Crippen LogP contribution is 2.30. The minimum Gasteiger partial charge on any atom is -0.343 e. The van der Waals surface area contributed by atoms with Crippen molar-refractivity contribution >= 4 is 33.1 Å². The topological polar surface area (TPSA) is 81.8 Å². The quantitative estimate of drug-likeness (QED) is 0.806. The van der Waals surface area contributed by atoms with Gasteiger partial charge in [0, 0.05) is 31.9 Å². The maximum absolute atomic E-state index is 12.8. The molecule has 0 spiro atoms. The zero-order valence-corrected chi connectivity index (χ0v) is 16.9. The average molecular weight is 403 g/mol. The zero-order valence-electron chi connectivity index (χ0n) is 16.1. The summed E-state index contributed by atoms with van der Waals surface area (Å²) in [5.74, 6) is 0. The van der Waals surface area contributed by atoms with E-state index in [2.05, 4.69) is 10.0 Å². The van der Waals surface area contributed by atoms with Gasteiger partial charge in [0.05, 0.1) is 17.6 Å². The molecular weight excluding hydrogens is 376 g/mol. The van der Waals surface area contributed by atoms with Gasteiger partial charge >= 0.3 is 6.03 Å². The molecule has 2 N–H and O–H groups in total. The van der Waals surface area contributed by atoms with Crippen LogP contribution in [0.2, 0.25) is 0 Å². The van der Waals surface area contributed by atoms with Crippen LogP contribution in [0.15, 0.2) is 54.6 Å². The first kappa shape index (κ1) is 20.2. The van der Waals surface area contributed by atoms with Crippen LogP contribution in [0.25, 0.3) is 0 Å². The van der Waals surface area contributed by atoms with E-state index in [9.17, 15) is 13.2 Å². The fourth-order valence-electron chi connectivity index (χ4n) is 3.42. The Morgan fingerprint density at radius 1 is 1.11 bits per heavy atom. The van der Waals surface area contributed by atoms with E-state index in [1.165, 1.54) is 0 Å². The number of urea groups is 1. The van der Waals surface area contributed by atoms with Crippen LogP contribution in [0.4, 0.5) is 21.9 Å². The second-order valence-electron chi connectivity index (χ2n) is 7.02. The highest BCUT2D eigenvalue weighted by molar-refractivity contribution is 7.88. The molecule has 1 saturated heterocycles. The maximum atomic E-state index is 12.8. The van der Waals surface area contributed by atoms with Gasteiger partial charge in [-0.05, 0) is 37.1 Å². The summed E-state index contributed by atoms with van der Waals surface area (Å²) in [6.45, 7) is 0.958. The number of amides is 2. The summed E-state index contributed by atoms with van der Waals surface area (Å²) in [6.07, 6.45) is 2.62. The predicted molar refractivity (Wildman–Crippen MR) is 113 cm³/mol. The molecule has 2 aromatic rings. The Hall–Kier alpha value is -2.58. The number of anilines is 3. The number of benzene rings is 2. The highest BCUT2D eigenvalue weighted by atomic mass is 32.2. The molecule has 0 aliphatic carbocycles. The molecule has 0 bridgehead atoms. The van der Waals surface area contributed by atoms with Crippen molar-refractivity contribution in [3.8, 4) is 0 Å². The molecule has 1 aliphatic heterocycles. The second-order valence-corrected chi connectivity index (χ2v) is 8.80. The van der Waals surface area contributed by atoms with Crippen molar-refractivity contribution in [3.63, 3.8) is 0 Å². The number of sulfonamides is 1. The summed E-state index contributed by atoms with van der Waals surface area (Å²) < 4.78 is 25.6. The lowest BCUT2D eigenvalue weighted by atomic mass is 10.1. The molecule has 150 valence electrons. The molecule has 1 heterocycles. The molecule has 0 aromatic heterocycles. The number of hydrogen-bond acceptors (Lipinski definition) is 4. The van der Waals surface area contributed by atoms with Gasteiger partial charge in [0.1, 0.15) is 0 Å². The third-order valence-electron chi connectivity index (χ3n) is 4.74. The molecule has 1 aliphatic rings. The van der Waals surface area contributed by atoms with Gasteiger partial charge < -0.3 is 15.1 Å². The lowest BCUT2D eigenvalue weighted by molar-refractivity contribution is 0.190. The van der Waals surface area contributed by atoms with E-state index in [-0.39, 0.29) is 12.1 Å². The standard InChI is InChI=1S/C20H26N4O3S/c1-23(17-10-4-3-5-11-17)19-13-7-6-12-18(19)21-20(25)24-14-8-9-16(15-24)22-28(2,26)27/h3-7,10-13,16,22H,8-9,14-15H2,1-2H3,(H,21,25). The second kappa shape index (κ2) is 8.62. The van der Waals surface area contributed by atoms with Gasteiger partial charge in [0.2, 0.25) is 10.0 Å². The van der Waals surface area contributed by atoms with E-state index in [0.717, 1.165) is 30.5 Å². The van der Waals surface area contributed by atoms with E-state index < -0.39 is 10.0 Å².